The largest absolute Gasteiger partial charge is 0.390 e. The van der Waals surface area contributed by atoms with Crippen molar-refractivity contribution in [3.63, 3.8) is 0 Å². The molecular weight excluding hydrogens is 188 g/mol. The standard InChI is InChI=1S/C12H22N2O/c1-9(2)7-12(4,15)8-11-6-10(3)13-14(11)5/h6,9,15H,7-8H2,1-5H3. The summed E-state index contributed by atoms with van der Waals surface area (Å²) in [5, 5.41) is 14.5. The Morgan fingerprint density at radius 2 is 2.13 bits per heavy atom. The van der Waals surface area contributed by atoms with Crippen molar-refractivity contribution in [1.82, 2.24) is 9.78 Å². The zero-order valence-corrected chi connectivity index (χ0v) is 10.4. The van der Waals surface area contributed by atoms with Gasteiger partial charge in [-0.3, -0.25) is 4.68 Å². The van der Waals surface area contributed by atoms with Crippen molar-refractivity contribution < 1.29 is 5.11 Å². The highest BCUT2D eigenvalue weighted by molar-refractivity contribution is 5.11. The summed E-state index contributed by atoms with van der Waals surface area (Å²) in [5.41, 5.74) is 1.47. The van der Waals surface area contributed by atoms with E-state index < -0.39 is 5.60 Å². The average Bonchev–Trinajstić information content (AvgIpc) is 2.25. The monoisotopic (exact) mass is 210 g/mol. The van der Waals surface area contributed by atoms with Gasteiger partial charge >= 0.3 is 0 Å². The maximum atomic E-state index is 10.2. The Morgan fingerprint density at radius 3 is 2.53 bits per heavy atom. The number of aryl methyl sites for hydroxylation is 2. The van der Waals surface area contributed by atoms with E-state index in [2.05, 4.69) is 18.9 Å². The molecule has 1 rings (SSSR count). The van der Waals surface area contributed by atoms with Crippen molar-refractivity contribution in [1.29, 1.82) is 0 Å². The minimum absolute atomic E-state index is 0.509. The van der Waals surface area contributed by atoms with Gasteiger partial charge in [0.15, 0.2) is 0 Å². The van der Waals surface area contributed by atoms with Gasteiger partial charge in [0.2, 0.25) is 0 Å². The first kappa shape index (κ1) is 12.2. The zero-order chi connectivity index (χ0) is 11.6. The van der Waals surface area contributed by atoms with Gasteiger partial charge in [0.25, 0.3) is 0 Å². The van der Waals surface area contributed by atoms with E-state index >= 15 is 0 Å². The molecule has 0 spiro atoms. The van der Waals surface area contributed by atoms with Crippen molar-refractivity contribution in [3.05, 3.63) is 17.5 Å². The molecule has 0 bridgehead atoms. The van der Waals surface area contributed by atoms with Crippen molar-refractivity contribution in [2.24, 2.45) is 13.0 Å². The van der Waals surface area contributed by atoms with Gasteiger partial charge in [-0.05, 0) is 32.3 Å². The molecule has 0 saturated carbocycles. The smallest absolute Gasteiger partial charge is 0.0677 e. The lowest BCUT2D eigenvalue weighted by Crippen LogP contribution is -2.30. The van der Waals surface area contributed by atoms with Crippen molar-refractivity contribution >= 4 is 0 Å². The minimum atomic E-state index is -0.631. The number of hydrogen-bond donors (Lipinski definition) is 1. The first-order valence-corrected chi connectivity index (χ1v) is 5.52. The molecule has 1 atom stereocenters. The minimum Gasteiger partial charge on any atom is -0.390 e. The van der Waals surface area contributed by atoms with Crippen molar-refractivity contribution in [3.8, 4) is 0 Å². The fourth-order valence-electron chi connectivity index (χ4n) is 2.17. The van der Waals surface area contributed by atoms with E-state index in [0.29, 0.717) is 12.3 Å². The number of aliphatic hydroxyl groups is 1. The molecule has 0 aliphatic carbocycles. The number of rotatable bonds is 4. The van der Waals surface area contributed by atoms with E-state index in [9.17, 15) is 5.11 Å². The van der Waals surface area contributed by atoms with E-state index in [-0.39, 0.29) is 0 Å². The molecular formula is C12H22N2O. The highest BCUT2D eigenvalue weighted by Crippen LogP contribution is 2.21. The Balaban J connectivity index is 2.72. The molecule has 0 radical (unpaired) electrons. The Labute approximate surface area is 92.1 Å². The molecule has 15 heavy (non-hydrogen) atoms. The van der Waals surface area contributed by atoms with Crippen LogP contribution in [0.25, 0.3) is 0 Å². The van der Waals surface area contributed by atoms with E-state index in [1.807, 2.05) is 31.6 Å². The van der Waals surface area contributed by atoms with E-state index in [1.54, 1.807) is 0 Å². The summed E-state index contributed by atoms with van der Waals surface area (Å²) in [6.45, 7) is 8.13. The molecule has 86 valence electrons. The van der Waals surface area contributed by atoms with Crippen LogP contribution in [0, 0.1) is 12.8 Å². The van der Waals surface area contributed by atoms with E-state index in [1.165, 1.54) is 0 Å². The predicted molar refractivity (Wildman–Crippen MR) is 61.7 cm³/mol. The molecule has 1 unspecified atom stereocenters. The van der Waals surface area contributed by atoms with Crippen molar-refractivity contribution in [2.75, 3.05) is 0 Å². The van der Waals surface area contributed by atoms with Crippen molar-refractivity contribution in [2.45, 2.75) is 46.1 Å². The topological polar surface area (TPSA) is 38.0 Å². The van der Waals surface area contributed by atoms with Crippen LogP contribution in [0.5, 0.6) is 0 Å². The molecule has 1 aromatic heterocycles. The molecule has 0 aliphatic rings. The Kier molecular flexibility index (Phi) is 3.55. The fourth-order valence-corrected chi connectivity index (χ4v) is 2.17. The normalized spacial score (nSPS) is 15.7. The summed E-state index contributed by atoms with van der Waals surface area (Å²) < 4.78 is 1.85. The Bertz CT molecular complexity index is 326. The maximum absolute atomic E-state index is 10.2. The van der Waals surface area contributed by atoms with Crippen LogP contribution in [0.15, 0.2) is 6.07 Å². The van der Waals surface area contributed by atoms with Crippen LogP contribution in [0.2, 0.25) is 0 Å². The van der Waals surface area contributed by atoms with E-state index in [0.717, 1.165) is 17.8 Å². The Morgan fingerprint density at radius 1 is 1.53 bits per heavy atom. The number of nitrogens with zero attached hydrogens (tertiary/aromatic N) is 2. The first-order valence-electron chi connectivity index (χ1n) is 5.52. The van der Waals surface area contributed by atoms with Crippen LogP contribution in [0.4, 0.5) is 0 Å². The molecule has 3 heteroatoms. The van der Waals surface area contributed by atoms with Crippen LogP contribution in [-0.4, -0.2) is 20.5 Å². The average molecular weight is 210 g/mol. The molecule has 1 N–H and O–H groups in total. The van der Waals surface area contributed by atoms with Crippen LogP contribution in [0.1, 0.15) is 38.6 Å². The number of hydrogen-bond acceptors (Lipinski definition) is 2. The maximum Gasteiger partial charge on any atom is 0.0677 e. The molecule has 1 aromatic rings. The summed E-state index contributed by atoms with van der Waals surface area (Å²) in [4.78, 5) is 0. The second kappa shape index (κ2) is 4.35. The second-order valence-corrected chi connectivity index (χ2v) is 5.17. The summed E-state index contributed by atoms with van der Waals surface area (Å²) >= 11 is 0. The summed E-state index contributed by atoms with van der Waals surface area (Å²) in [6, 6.07) is 2.04. The third kappa shape index (κ3) is 3.67. The van der Waals surface area contributed by atoms with Gasteiger partial charge < -0.3 is 5.11 Å². The quantitative estimate of drug-likeness (QED) is 0.826. The molecule has 1 heterocycles. The number of aromatic nitrogens is 2. The molecule has 0 aliphatic heterocycles. The lowest BCUT2D eigenvalue weighted by atomic mass is 9.90. The summed E-state index contributed by atoms with van der Waals surface area (Å²) in [7, 11) is 1.92. The predicted octanol–water partition coefficient (Wildman–Crippen LogP) is 2.07. The van der Waals surface area contributed by atoms with Gasteiger partial charge in [-0.15, -0.1) is 0 Å². The molecule has 3 nitrogen and oxygen atoms in total. The second-order valence-electron chi connectivity index (χ2n) is 5.17. The van der Waals surface area contributed by atoms with Gasteiger partial charge in [-0.25, -0.2) is 0 Å². The third-order valence-corrected chi connectivity index (χ3v) is 2.51. The van der Waals surface area contributed by atoms with Crippen LogP contribution >= 0.6 is 0 Å². The van der Waals surface area contributed by atoms with Crippen LogP contribution in [0.3, 0.4) is 0 Å². The van der Waals surface area contributed by atoms with Gasteiger partial charge in [0.05, 0.1) is 11.3 Å². The zero-order valence-electron chi connectivity index (χ0n) is 10.4. The third-order valence-electron chi connectivity index (χ3n) is 2.51. The van der Waals surface area contributed by atoms with Gasteiger partial charge in [0.1, 0.15) is 0 Å². The molecule has 0 aromatic carbocycles. The van der Waals surface area contributed by atoms with Gasteiger partial charge in [-0.2, -0.15) is 5.10 Å². The summed E-state index contributed by atoms with van der Waals surface area (Å²) in [6.07, 6.45) is 1.49. The Hall–Kier alpha value is -0.830. The van der Waals surface area contributed by atoms with Gasteiger partial charge in [-0.1, -0.05) is 13.8 Å². The van der Waals surface area contributed by atoms with Crippen LogP contribution < -0.4 is 0 Å². The fraction of sp³-hybridized carbons (Fsp3) is 0.750. The summed E-state index contributed by atoms with van der Waals surface area (Å²) in [5.74, 6) is 0.509. The van der Waals surface area contributed by atoms with Crippen LogP contribution in [-0.2, 0) is 13.5 Å². The lowest BCUT2D eigenvalue weighted by molar-refractivity contribution is 0.0370. The molecule has 0 fully saturated rings. The highest BCUT2D eigenvalue weighted by atomic mass is 16.3. The van der Waals surface area contributed by atoms with E-state index in [4.69, 9.17) is 0 Å². The lowest BCUT2D eigenvalue weighted by Gasteiger charge is -2.25. The first-order chi connectivity index (χ1) is 6.80. The molecule has 0 amide bonds. The SMILES string of the molecule is Cc1cc(CC(C)(O)CC(C)C)n(C)n1. The highest BCUT2D eigenvalue weighted by Gasteiger charge is 2.23. The molecule has 0 saturated heterocycles. The van der Waals surface area contributed by atoms with Gasteiger partial charge in [0, 0.05) is 19.2 Å².